The third-order valence-corrected chi connectivity index (χ3v) is 4.05. The molecule has 130 valence electrons. The number of nitrogens with one attached hydrogen (secondary N) is 1. The number of carbonyl (C=O) groups is 1. The molecule has 6 nitrogen and oxygen atoms in total. The van der Waals surface area contributed by atoms with E-state index in [1.54, 1.807) is 37.5 Å². The van der Waals surface area contributed by atoms with E-state index in [2.05, 4.69) is 10.3 Å². The zero-order chi connectivity index (χ0) is 18.1. The zero-order valence-corrected chi connectivity index (χ0v) is 14.0. The number of pyridine rings is 1. The average Bonchev–Trinajstić information content (AvgIpc) is 3.01. The second-order valence-electron chi connectivity index (χ2n) is 5.77. The summed E-state index contributed by atoms with van der Waals surface area (Å²) in [5, 5.41) is 15.5. The molecule has 0 atom stereocenters. The number of nitrogens with zero attached hydrogens (tertiary/aromatic N) is 1. The maximum Gasteiger partial charge on any atom is 0.376 e. The van der Waals surface area contributed by atoms with Gasteiger partial charge in [0.15, 0.2) is 5.58 Å². The minimum atomic E-state index is -0.531. The SMILES string of the molecule is CCOC(=O)c1oc2cnccc2c1Nc1ccc2cc(O)ccc2c1. The van der Waals surface area contributed by atoms with Crippen LogP contribution < -0.4 is 5.32 Å². The first-order valence-corrected chi connectivity index (χ1v) is 8.19. The van der Waals surface area contributed by atoms with Crippen molar-refractivity contribution in [2.75, 3.05) is 11.9 Å². The first-order chi connectivity index (χ1) is 12.7. The van der Waals surface area contributed by atoms with Gasteiger partial charge in [0.2, 0.25) is 5.76 Å². The molecule has 0 unspecified atom stereocenters. The molecule has 6 heteroatoms. The zero-order valence-electron chi connectivity index (χ0n) is 14.0. The number of hydrogen-bond acceptors (Lipinski definition) is 6. The van der Waals surface area contributed by atoms with Crippen molar-refractivity contribution >= 4 is 39.1 Å². The Bertz CT molecular complexity index is 1120. The summed E-state index contributed by atoms with van der Waals surface area (Å²) in [5.74, 6) is -0.200. The molecule has 2 N–H and O–H groups in total. The van der Waals surface area contributed by atoms with Crippen molar-refractivity contribution in [2.45, 2.75) is 6.92 Å². The number of furan rings is 1. The van der Waals surface area contributed by atoms with Crippen molar-refractivity contribution in [3.63, 3.8) is 0 Å². The lowest BCUT2D eigenvalue weighted by Crippen LogP contribution is -2.06. The predicted molar refractivity (Wildman–Crippen MR) is 98.9 cm³/mol. The van der Waals surface area contributed by atoms with E-state index in [4.69, 9.17) is 9.15 Å². The summed E-state index contributed by atoms with van der Waals surface area (Å²) in [5.41, 5.74) is 1.83. The Balaban J connectivity index is 1.79. The van der Waals surface area contributed by atoms with Gasteiger partial charge < -0.3 is 19.6 Å². The molecular formula is C20H16N2O4. The van der Waals surface area contributed by atoms with Gasteiger partial charge in [0, 0.05) is 17.3 Å². The van der Waals surface area contributed by atoms with Gasteiger partial charge in [-0.1, -0.05) is 12.1 Å². The van der Waals surface area contributed by atoms with Gasteiger partial charge in [-0.25, -0.2) is 4.79 Å². The van der Waals surface area contributed by atoms with Crippen molar-refractivity contribution in [1.82, 2.24) is 4.98 Å². The maximum atomic E-state index is 12.3. The highest BCUT2D eigenvalue weighted by molar-refractivity contribution is 6.05. The summed E-state index contributed by atoms with van der Waals surface area (Å²) in [6, 6.07) is 12.6. The molecule has 4 rings (SSSR count). The fraction of sp³-hybridized carbons (Fsp3) is 0.100. The van der Waals surface area contributed by atoms with Gasteiger partial charge in [-0.2, -0.15) is 0 Å². The third-order valence-electron chi connectivity index (χ3n) is 4.05. The lowest BCUT2D eigenvalue weighted by molar-refractivity contribution is 0.0494. The molecule has 0 aliphatic carbocycles. The van der Waals surface area contributed by atoms with Crippen LogP contribution in [0.1, 0.15) is 17.5 Å². The van der Waals surface area contributed by atoms with Crippen LogP contribution in [0.4, 0.5) is 11.4 Å². The van der Waals surface area contributed by atoms with Crippen LogP contribution in [0.15, 0.2) is 59.3 Å². The first-order valence-electron chi connectivity index (χ1n) is 8.19. The highest BCUT2D eigenvalue weighted by Gasteiger charge is 2.22. The first kappa shape index (κ1) is 16.0. The van der Waals surface area contributed by atoms with E-state index < -0.39 is 5.97 Å². The molecule has 0 aliphatic heterocycles. The van der Waals surface area contributed by atoms with Crippen LogP contribution in [-0.4, -0.2) is 22.7 Å². The highest BCUT2D eigenvalue weighted by Crippen LogP contribution is 2.34. The van der Waals surface area contributed by atoms with Gasteiger partial charge in [-0.15, -0.1) is 0 Å². The van der Waals surface area contributed by atoms with Crippen molar-refractivity contribution in [3.05, 3.63) is 60.6 Å². The molecule has 0 radical (unpaired) electrons. The third kappa shape index (κ3) is 2.82. The van der Waals surface area contributed by atoms with Gasteiger partial charge in [0.1, 0.15) is 11.4 Å². The van der Waals surface area contributed by atoms with Crippen LogP contribution in [0.5, 0.6) is 5.75 Å². The number of aromatic nitrogens is 1. The fourth-order valence-corrected chi connectivity index (χ4v) is 2.87. The van der Waals surface area contributed by atoms with Gasteiger partial charge in [-0.3, -0.25) is 4.98 Å². The molecule has 0 spiro atoms. The number of rotatable bonds is 4. The van der Waals surface area contributed by atoms with Crippen LogP contribution in [0, 0.1) is 0 Å². The molecule has 2 aromatic heterocycles. The van der Waals surface area contributed by atoms with Crippen LogP contribution in [0.3, 0.4) is 0 Å². The monoisotopic (exact) mass is 348 g/mol. The Kier molecular flexibility index (Phi) is 3.93. The van der Waals surface area contributed by atoms with E-state index >= 15 is 0 Å². The topological polar surface area (TPSA) is 84.6 Å². The Morgan fingerprint density at radius 1 is 1.19 bits per heavy atom. The van der Waals surface area contributed by atoms with Gasteiger partial charge in [0.25, 0.3) is 0 Å². The van der Waals surface area contributed by atoms with Gasteiger partial charge >= 0.3 is 5.97 Å². The van der Waals surface area contributed by atoms with E-state index in [0.717, 1.165) is 21.8 Å². The maximum absolute atomic E-state index is 12.3. The number of esters is 1. The predicted octanol–water partition coefficient (Wildman–Crippen LogP) is 4.61. The summed E-state index contributed by atoms with van der Waals surface area (Å²) < 4.78 is 10.8. The van der Waals surface area contributed by atoms with Crippen molar-refractivity contribution in [1.29, 1.82) is 0 Å². The molecule has 2 heterocycles. The summed E-state index contributed by atoms with van der Waals surface area (Å²) in [6.45, 7) is 2.00. The Morgan fingerprint density at radius 2 is 2.00 bits per heavy atom. The number of carbonyl (C=O) groups excluding carboxylic acids is 1. The van der Waals surface area contributed by atoms with E-state index in [1.807, 2.05) is 24.3 Å². The van der Waals surface area contributed by atoms with Crippen LogP contribution in [0.2, 0.25) is 0 Å². The minimum absolute atomic E-state index is 0.112. The number of benzene rings is 2. The molecule has 0 aliphatic rings. The van der Waals surface area contributed by atoms with E-state index in [9.17, 15) is 9.90 Å². The molecule has 2 aromatic carbocycles. The van der Waals surface area contributed by atoms with Crippen LogP contribution in [-0.2, 0) is 4.74 Å². The Hall–Kier alpha value is -3.54. The summed E-state index contributed by atoms with van der Waals surface area (Å²) in [6.07, 6.45) is 3.20. The minimum Gasteiger partial charge on any atom is -0.508 e. The number of ether oxygens (including phenoxy) is 1. The molecule has 0 bridgehead atoms. The molecule has 26 heavy (non-hydrogen) atoms. The number of hydrogen-bond donors (Lipinski definition) is 2. The van der Waals surface area contributed by atoms with Crippen LogP contribution >= 0.6 is 0 Å². The Labute approximate surface area is 149 Å². The molecule has 0 amide bonds. The summed E-state index contributed by atoms with van der Waals surface area (Å²) >= 11 is 0. The van der Waals surface area contributed by atoms with Gasteiger partial charge in [0.05, 0.1) is 12.8 Å². The van der Waals surface area contributed by atoms with E-state index in [1.165, 1.54) is 0 Å². The van der Waals surface area contributed by atoms with Crippen molar-refractivity contribution in [2.24, 2.45) is 0 Å². The molecule has 0 fully saturated rings. The van der Waals surface area contributed by atoms with Crippen LogP contribution in [0.25, 0.3) is 21.7 Å². The smallest absolute Gasteiger partial charge is 0.376 e. The van der Waals surface area contributed by atoms with E-state index in [-0.39, 0.29) is 18.1 Å². The molecule has 4 aromatic rings. The lowest BCUT2D eigenvalue weighted by Gasteiger charge is -2.08. The molecule has 0 saturated heterocycles. The van der Waals surface area contributed by atoms with Crippen molar-refractivity contribution < 1.29 is 19.1 Å². The summed E-state index contributed by atoms with van der Waals surface area (Å²) in [7, 11) is 0. The standard InChI is InChI=1S/C20H16N2O4/c1-2-25-20(24)19-18(16-7-8-21-11-17(16)26-19)22-14-5-3-13-10-15(23)6-4-12(13)9-14/h3-11,22-23H,2H2,1H3. The van der Waals surface area contributed by atoms with Gasteiger partial charge in [-0.05, 0) is 48.0 Å². The number of fused-ring (bicyclic) bond motifs is 2. The normalized spacial score (nSPS) is 11.0. The summed E-state index contributed by atoms with van der Waals surface area (Å²) in [4.78, 5) is 16.3. The number of anilines is 2. The fourth-order valence-electron chi connectivity index (χ4n) is 2.87. The largest absolute Gasteiger partial charge is 0.508 e. The number of aromatic hydroxyl groups is 1. The second kappa shape index (κ2) is 6.40. The number of phenols is 1. The Morgan fingerprint density at radius 3 is 2.85 bits per heavy atom. The lowest BCUT2D eigenvalue weighted by atomic mass is 10.1. The highest BCUT2D eigenvalue weighted by atomic mass is 16.5. The van der Waals surface area contributed by atoms with Crippen molar-refractivity contribution in [3.8, 4) is 5.75 Å². The molecular weight excluding hydrogens is 332 g/mol. The molecule has 0 saturated carbocycles. The van der Waals surface area contributed by atoms with E-state index in [0.29, 0.717) is 11.3 Å². The second-order valence-corrected chi connectivity index (χ2v) is 5.77. The number of phenolic OH excluding ortho intramolecular Hbond substituents is 1. The quantitative estimate of drug-likeness (QED) is 0.524. The average molecular weight is 348 g/mol.